The molecule has 0 unspecified atom stereocenters. The van der Waals surface area contributed by atoms with Crippen LogP contribution in [0.4, 0.5) is 0 Å². The fourth-order valence-electron chi connectivity index (χ4n) is 1.94. The zero-order valence-corrected chi connectivity index (χ0v) is 12.3. The van der Waals surface area contributed by atoms with Gasteiger partial charge in [0.05, 0.1) is 0 Å². The van der Waals surface area contributed by atoms with Gasteiger partial charge in [0.1, 0.15) is 0 Å². The van der Waals surface area contributed by atoms with Gasteiger partial charge in [0.2, 0.25) is 5.91 Å². The van der Waals surface area contributed by atoms with Crippen molar-refractivity contribution in [1.82, 2.24) is 10.4 Å². The molecule has 0 aromatic carbocycles. The number of rotatable bonds is 9. The van der Waals surface area contributed by atoms with Gasteiger partial charge in [0, 0.05) is 18.5 Å². The zero-order valence-electron chi connectivity index (χ0n) is 12.3. The molecule has 0 fully saturated rings. The summed E-state index contributed by atoms with van der Waals surface area (Å²) in [5.41, 5.74) is 3.00. The maximum absolute atomic E-state index is 11.7. The lowest BCUT2D eigenvalue weighted by atomic mass is 10.1. The fraction of sp³-hybridized carbons (Fsp3) is 0.929. The molecule has 0 aromatic heterocycles. The van der Waals surface area contributed by atoms with Gasteiger partial charge in [0.25, 0.3) is 0 Å². The van der Waals surface area contributed by atoms with Crippen molar-refractivity contribution < 1.29 is 4.79 Å². The summed E-state index contributed by atoms with van der Waals surface area (Å²) in [5.74, 6) is 0.156. The third kappa shape index (κ3) is 8.19. The van der Waals surface area contributed by atoms with Gasteiger partial charge in [-0.1, -0.05) is 32.6 Å². The SMILES string of the molecule is CCCCCCCC(=O)NN(C(C)C)C(C)C. The Balaban J connectivity index is 3.76. The van der Waals surface area contributed by atoms with Gasteiger partial charge in [-0.05, 0) is 34.1 Å². The van der Waals surface area contributed by atoms with Gasteiger partial charge in [-0.25, -0.2) is 5.01 Å². The third-order valence-electron chi connectivity index (χ3n) is 2.87. The molecule has 3 heteroatoms. The lowest BCUT2D eigenvalue weighted by molar-refractivity contribution is -0.128. The summed E-state index contributed by atoms with van der Waals surface area (Å²) >= 11 is 0. The van der Waals surface area contributed by atoms with Crippen LogP contribution in [0.15, 0.2) is 0 Å². The average Bonchev–Trinajstić information content (AvgIpc) is 2.24. The first-order valence-electron chi connectivity index (χ1n) is 7.06. The lowest BCUT2D eigenvalue weighted by Crippen LogP contribution is -2.50. The minimum Gasteiger partial charge on any atom is -0.288 e. The Morgan fingerprint density at radius 1 is 1.00 bits per heavy atom. The van der Waals surface area contributed by atoms with Gasteiger partial charge in [-0.3, -0.25) is 10.2 Å². The molecule has 0 aliphatic heterocycles. The molecule has 0 aromatic rings. The van der Waals surface area contributed by atoms with E-state index in [0.717, 1.165) is 6.42 Å². The van der Waals surface area contributed by atoms with E-state index in [4.69, 9.17) is 0 Å². The lowest BCUT2D eigenvalue weighted by Gasteiger charge is -2.30. The van der Waals surface area contributed by atoms with E-state index in [9.17, 15) is 4.79 Å². The smallest absolute Gasteiger partial charge is 0.234 e. The Morgan fingerprint density at radius 2 is 1.53 bits per heavy atom. The Morgan fingerprint density at radius 3 is 2.00 bits per heavy atom. The highest BCUT2D eigenvalue weighted by molar-refractivity contribution is 5.75. The number of hydrogen-bond acceptors (Lipinski definition) is 2. The molecule has 1 N–H and O–H groups in total. The Hall–Kier alpha value is -0.570. The van der Waals surface area contributed by atoms with Crippen molar-refractivity contribution in [2.24, 2.45) is 0 Å². The Bertz CT molecular complexity index is 194. The molecule has 0 atom stereocenters. The minimum absolute atomic E-state index is 0.156. The highest BCUT2D eigenvalue weighted by Crippen LogP contribution is 2.06. The number of nitrogens with zero attached hydrogens (tertiary/aromatic N) is 1. The quantitative estimate of drug-likeness (QED) is 0.496. The molecule has 1 amide bonds. The van der Waals surface area contributed by atoms with Crippen LogP contribution in [0.2, 0.25) is 0 Å². The largest absolute Gasteiger partial charge is 0.288 e. The number of carbonyl (C=O) groups is 1. The predicted octanol–water partition coefficient (Wildman–Crippen LogP) is 3.50. The molecule has 0 radical (unpaired) electrons. The van der Waals surface area contributed by atoms with Crippen molar-refractivity contribution in [2.45, 2.75) is 85.2 Å². The molecule has 0 aliphatic rings. The topological polar surface area (TPSA) is 32.3 Å². The predicted molar refractivity (Wildman–Crippen MR) is 73.6 cm³/mol. The number of hydrazine groups is 1. The van der Waals surface area contributed by atoms with Gasteiger partial charge in [-0.15, -0.1) is 0 Å². The van der Waals surface area contributed by atoms with Crippen molar-refractivity contribution in [3.8, 4) is 0 Å². The van der Waals surface area contributed by atoms with Gasteiger partial charge < -0.3 is 0 Å². The number of carbonyl (C=O) groups excluding carboxylic acids is 1. The molecule has 102 valence electrons. The van der Waals surface area contributed by atoms with Crippen molar-refractivity contribution in [3.05, 3.63) is 0 Å². The molecule has 17 heavy (non-hydrogen) atoms. The summed E-state index contributed by atoms with van der Waals surface area (Å²) in [4.78, 5) is 11.7. The van der Waals surface area contributed by atoms with Crippen molar-refractivity contribution in [2.75, 3.05) is 0 Å². The number of nitrogens with one attached hydrogen (secondary N) is 1. The van der Waals surface area contributed by atoms with E-state index in [1.807, 2.05) is 5.01 Å². The second-order valence-corrected chi connectivity index (χ2v) is 5.29. The molecule has 0 saturated carbocycles. The van der Waals surface area contributed by atoms with Crippen LogP contribution in [0.25, 0.3) is 0 Å². The fourth-order valence-corrected chi connectivity index (χ4v) is 1.94. The molecule has 0 bridgehead atoms. The molecule has 0 heterocycles. The van der Waals surface area contributed by atoms with E-state index in [2.05, 4.69) is 40.0 Å². The first-order chi connectivity index (χ1) is 7.99. The molecule has 0 spiro atoms. The van der Waals surface area contributed by atoms with E-state index < -0.39 is 0 Å². The number of hydrogen-bond donors (Lipinski definition) is 1. The van der Waals surface area contributed by atoms with Crippen LogP contribution in [0, 0.1) is 0 Å². The van der Waals surface area contributed by atoms with Crippen molar-refractivity contribution in [1.29, 1.82) is 0 Å². The second-order valence-electron chi connectivity index (χ2n) is 5.29. The molecule has 0 rings (SSSR count). The maximum Gasteiger partial charge on any atom is 0.234 e. The minimum atomic E-state index is 0.156. The summed E-state index contributed by atoms with van der Waals surface area (Å²) in [6, 6.07) is 0.693. The third-order valence-corrected chi connectivity index (χ3v) is 2.87. The van der Waals surface area contributed by atoms with Crippen molar-refractivity contribution in [3.63, 3.8) is 0 Å². The summed E-state index contributed by atoms with van der Waals surface area (Å²) in [5, 5.41) is 2.02. The van der Waals surface area contributed by atoms with Crippen LogP contribution < -0.4 is 5.43 Å². The first kappa shape index (κ1) is 16.4. The van der Waals surface area contributed by atoms with E-state index in [0.29, 0.717) is 18.5 Å². The summed E-state index contributed by atoms with van der Waals surface area (Å²) in [6.07, 6.45) is 6.62. The van der Waals surface area contributed by atoms with E-state index >= 15 is 0 Å². The van der Waals surface area contributed by atoms with Gasteiger partial charge in [0.15, 0.2) is 0 Å². The summed E-state index contributed by atoms with van der Waals surface area (Å²) < 4.78 is 0. The van der Waals surface area contributed by atoms with Crippen LogP contribution in [0.5, 0.6) is 0 Å². The number of unbranched alkanes of at least 4 members (excludes halogenated alkanes) is 4. The second kappa shape index (κ2) is 9.46. The molecule has 0 aliphatic carbocycles. The van der Waals surface area contributed by atoms with Gasteiger partial charge in [-0.2, -0.15) is 0 Å². The van der Waals surface area contributed by atoms with E-state index in [-0.39, 0.29) is 5.91 Å². The van der Waals surface area contributed by atoms with Crippen LogP contribution >= 0.6 is 0 Å². The monoisotopic (exact) mass is 242 g/mol. The normalized spacial score (nSPS) is 11.5. The standard InChI is InChI=1S/C14H30N2O/c1-6-7-8-9-10-11-14(17)15-16(12(2)3)13(4)5/h12-13H,6-11H2,1-5H3,(H,15,17). The molecular weight excluding hydrogens is 212 g/mol. The Labute approximate surface area is 107 Å². The van der Waals surface area contributed by atoms with Crippen LogP contribution in [0.1, 0.15) is 73.1 Å². The van der Waals surface area contributed by atoms with Crippen LogP contribution in [-0.2, 0) is 4.79 Å². The summed E-state index contributed by atoms with van der Waals surface area (Å²) in [6.45, 7) is 10.6. The van der Waals surface area contributed by atoms with Crippen LogP contribution in [0.3, 0.4) is 0 Å². The Kier molecular flexibility index (Phi) is 9.14. The van der Waals surface area contributed by atoms with E-state index in [1.54, 1.807) is 0 Å². The molecule has 3 nitrogen and oxygen atoms in total. The molecule has 0 saturated heterocycles. The van der Waals surface area contributed by atoms with Gasteiger partial charge >= 0.3 is 0 Å². The highest BCUT2D eigenvalue weighted by atomic mass is 16.2. The zero-order chi connectivity index (χ0) is 13.3. The number of amides is 1. The van der Waals surface area contributed by atoms with Crippen LogP contribution in [-0.4, -0.2) is 23.0 Å². The summed E-state index contributed by atoms with van der Waals surface area (Å²) in [7, 11) is 0. The average molecular weight is 242 g/mol. The van der Waals surface area contributed by atoms with E-state index in [1.165, 1.54) is 25.7 Å². The molecular formula is C14H30N2O. The maximum atomic E-state index is 11.7. The van der Waals surface area contributed by atoms with Crippen molar-refractivity contribution >= 4 is 5.91 Å². The first-order valence-corrected chi connectivity index (χ1v) is 7.06. The highest BCUT2D eigenvalue weighted by Gasteiger charge is 2.15.